The number of rotatable bonds is 16. The fourth-order valence-corrected chi connectivity index (χ4v) is 3.03. The summed E-state index contributed by atoms with van der Waals surface area (Å²) in [5, 5.41) is 12.8. The molecule has 0 bridgehead atoms. The molecule has 3 nitrogen and oxygen atoms in total. The van der Waals surface area contributed by atoms with Gasteiger partial charge in [0, 0.05) is 13.0 Å². The SMILES string of the molecule is CCCCCC(O)/C=C/C=C/CCCCCCCC(=O)NCc1ccccc1. The minimum absolute atomic E-state index is 0.149. The Balaban J connectivity index is 1.91. The van der Waals surface area contributed by atoms with Gasteiger partial charge in [0.1, 0.15) is 0 Å². The minimum atomic E-state index is -0.305. The van der Waals surface area contributed by atoms with E-state index in [0.29, 0.717) is 13.0 Å². The molecule has 1 aromatic carbocycles. The fourth-order valence-electron chi connectivity index (χ4n) is 3.03. The monoisotopic (exact) mass is 385 g/mol. The summed E-state index contributed by atoms with van der Waals surface area (Å²) in [6.07, 6.45) is 19.5. The third-order valence-corrected chi connectivity index (χ3v) is 4.79. The van der Waals surface area contributed by atoms with Crippen molar-refractivity contribution in [1.82, 2.24) is 5.32 Å². The number of hydrogen-bond acceptors (Lipinski definition) is 2. The Labute approximate surface area is 171 Å². The highest BCUT2D eigenvalue weighted by Crippen LogP contribution is 2.08. The highest BCUT2D eigenvalue weighted by molar-refractivity contribution is 5.75. The van der Waals surface area contributed by atoms with Crippen LogP contribution in [0.3, 0.4) is 0 Å². The minimum Gasteiger partial charge on any atom is -0.389 e. The van der Waals surface area contributed by atoms with Crippen molar-refractivity contribution in [2.24, 2.45) is 0 Å². The Kier molecular flexibility index (Phi) is 14.9. The maximum Gasteiger partial charge on any atom is 0.220 e. The maximum atomic E-state index is 11.8. The summed E-state index contributed by atoms with van der Waals surface area (Å²) in [7, 11) is 0. The van der Waals surface area contributed by atoms with Crippen molar-refractivity contribution in [3.8, 4) is 0 Å². The lowest BCUT2D eigenvalue weighted by Crippen LogP contribution is -2.22. The van der Waals surface area contributed by atoms with Crippen LogP contribution >= 0.6 is 0 Å². The molecule has 1 unspecified atom stereocenters. The largest absolute Gasteiger partial charge is 0.389 e. The van der Waals surface area contributed by atoms with E-state index in [-0.39, 0.29) is 12.0 Å². The van der Waals surface area contributed by atoms with Crippen molar-refractivity contribution in [3.05, 3.63) is 60.2 Å². The molecule has 0 aliphatic carbocycles. The van der Waals surface area contributed by atoms with Crippen molar-refractivity contribution < 1.29 is 9.90 Å². The number of aliphatic hydroxyl groups excluding tert-OH is 1. The summed E-state index contributed by atoms with van der Waals surface area (Å²) in [5.74, 6) is 0.149. The molecule has 0 aliphatic heterocycles. The van der Waals surface area contributed by atoms with Gasteiger partial charge in [0.2, 0.25) is 5.91 Å². The van der Waals surface area contributed by atoms with E-state index >= 15 is 0 Å². The molecule has 0 radical (unpaired) electrons. The highest BCUT2D eigenvalue weighted by atomic mass is 16.3. The average Bonchev–Trinajstić information content (AvgIpc) is 2.71. The van der Waals surface area contributed by atoms with Gasteiger partial charge in [-0.1, -0.05) is 100 Å². The molecule has 156 valence electrons. The van der Waals surface area contributed by atoms with Gasteiger partial charge in [0.15, 0.2) is 0 Å². The molecule has 3 heteroatoms. The topological polar surface area (TPSA) is 49.3 Å². The number of aliphatic hydroxyl groups is 1. The molecule has 0 aliphatic rings. The van der Waals surface area contributed by atoms with Gasteiger partial charge >= 0.3 is 0 Å². The van der Waals surface area contributed by atoms with Gasteiger partial charge in [-0.3, -0.25) is 4.79 Å². The van der Waals surface area contributed by atoms with Crippen LogP contribution in [0, 0.1) is 0 Å². The molecule has 28 heavy (non-hydrogen) atoms. The second kappa shape index (κ2) is 17.2. The van der Waals surface area contributed by atoms with Crippen LogP contribution in [0.25, 0.3) is 0 Å². The highest BCUT2D eigenvalue weighted by Gasteiger charge is 2.01. The molecular weight excluding hydrogens is 346 g/mol. The Morgan fingerprint density at radius 1 is 1.00 bits per heavy atom. The standard InChI is InChI=1S/C25H39NO2/c1-2-3-12-19-24(27)20-15-9-7-5-4-6-8-10-16-21-25(28)26-22-23-17-13-11-14-18-23/h7,9,11,13-15,17-18,20,24,27H,2-6,8,10,12,16,19,21-22H2,1H3,(H,26,28)/b9-7+,20-15+. The van der Waals surface area contributed by atoms with Gasteiger partial charge in [-0.2, -0.15) is 0 Å². The van der Waals surface area contributed by atoms with E-state index < -0.39 is 0 Å². The Bertz CT molecular complexity index is 551. The lowest BCUT2D eigenvalue weighted by atomic mass is 10.1. The van der Waals surface area contributed by atoms with E-state index in [4.69, 9.17) is 0 Å². The van der Waals surface area contributed by atoms with Gasteiger partial charge in [-0.25, -0.2) is 0 Å². The quantitative estimate of drug-likeness (QED) is 0.267. The van der Waals surface area contributed by atoms with Gasteiger partial charge in [0.05, 0.1) is 6.10 Å². The van der Waals surface area contributed by atoms with Crippen molar-refractivity contribution in [1.29, 1.82) is 0 Å². The van der Waals surface area contributed by atoms with Crippen LogP contribution in [0.5, 0.6) is 0 Å². The molecular formula is C25H39NO2. The third-order valence-electron chi connectivity index (χ3n) is 4.79. The van der Waals surface area contributed by atoms with Gasteiger partial charge in [-0.05, 0) is 31.2 Å². The van der Waals surface area contributed by atoms with Crippen LogP contribution in [0.4, 0.5) is 0 Å². The molecule has 0 spiro atoms. The average molecular weight is 386 g/mol. The van der Waals surface area contributed by atoms with Crippen LogP contribution in [0.1, 0.15) is 83.1 Å². The van der Waals surface area contributed by atoms with Crippen LogP contribution < -0.4 is 5.32 Å². The fraction of sp³-hybridized carbons (Fsp3) is 0.560. The van der Waals surface area contributed by atoms with E-state index in [1.165, 1.54) is 32.1 Å². The number of carbonyl (C=O) groups excluding carboxylic acids is 1. The van der Waals surface area contributed by atoms with Crippen molar-refractivity contribution >= 4 is 5.91 Å². The predicted octanol–water partition coefficient (Wildman–Crippen LogP) is 6.09. The van der Waals surface area contributed by atoms with Gasteiger partial charge < -0.3 is 10.4 Å². The zero-order valence-electron chi connectivity index (χ0n) is 17.6. The predicted molar refractivity (Wildman–Crippen MR) is 119 cm³/mol. The number of unbranched alkanes of at least 4 members (excludes halogenated alkanes) is 7. The first-order valence-electron chi connectivity index (χ1n) is 11.0. The number of allylic oxidation sites excluding steroid dienone is 3. The smallest absolute Gasteiger partial charge is 0.220 e. The number of amides is 1. The van der Waals surface area contributed by atoms with Crippen molar-refractivity contribution in [3.63, 3.8) is 0 Å². The summed E-state index contributed by atoms with van der Waals surface area (Å²) in [6, 6.07) is 10.0. The third kappa shape index (κ3) is 14.2. The van der Waals surface area contributed by atoms with E-state index in [0.717, 1.165) is 37.7 Å². The number of hydrogen-bond donors (Lipinski definition) is 2. The summed E-state index contributed by atoms with van der Waals surface area (Å²) >= 11 is 0. The van der Waals surface area contributed by atoms with E-state index in [1.807, 2.05) is 48.6 Å². The molecule has 1 aromatic rings. The second-order valence-corrected chi connectivity index (χ2v) is 7.44. The molecule has 0 saturated heterocycles. The van der Waals surface area contributed by atoms with Gasteiger partial charge in [-0.15, -0.1) is 0 Å². The molecule has 0 fully saturated rings. The van der Waals surface area contributed by atoms with E-state index in [9.17, 15) is 9.90 Å². The zero-order valence-corrected chi connectivity index (χ0v) is 17.6. The maximum absolute atomic E-state index is 11.8. The summed E-state index contributed by atoms with van der Waals surface area (Å²) in [6.45, 7) is 2.80. The molecule has 1 rings (SSSR count). The van der Waals surface area contributed by atoms with Crippen LogP contribution in [0.15, 0.2) is 54.6 Å². The van der Waals surface area contributed by atoms with Crippen molar-refractivity contribution in [2.45, 2.75) is 90.2 Å². The van der Waals surface area contributed by atoms with Crippen LogP contribution in [-0.4, -0.2) is 17.1 Å². The lowest BCUT2D eigenvalue weighted by Gasteiger charge is -2.05. The first kappa shape index (κ1) is 24.2. The Morgan fingerprint density at radius 2 is 1.75 bits per heavy atom. The van der Waals surface area contributed by atoms with E-state index in [1.54, 1.807) is 0 Å². The second-order valence-electron chi connectivity index (χ2n) is 7.44. The first-order chi connectivity index (χ1) is 13.7. The molecule has 2 N–H and O–H groups in total. The normalized spacial score (nSPS) is 12.6. The van der Waals surface area contributed by atoms with Crippen LogP contribution in [-0.2, 0) is 11.3 Å². The summed E-state index contributed by atoms with van der Waals surface area (Å²) in [4.78, 5) is 11.8. The molecule has 0 saturated carbocycles. The number of nitrogens with one attached hydrogen (secondary N) is 1. The zero-order chi connectivity index (χ0) is 20.3. The Morgan fingerprint density at radius 3 is 2.54 bits per heavy atom. The summed E-state index contributed by atoms with van der Waals surface area (Å²) in [5.41, 5.74) is 1.14. The molecule has 0 heterocycles. The first-order valence-corrected chi connectivity index (χ1v) is 11.0. The molecule has 1 amide bonds. The van der Waals surface area contributed by atoms with Crippen molar-refractivity contribution in [2.75, 3.05) is 0 Å². The van der Waals surface area contributed by atoms with E-state index in [2.05, 4.69) is 18.3 Å². The molecule has 1 atom stereocenters. The van der Waals surface area contributed by atoms with Crippen LogP contribution in [0.2, 0.25) is 0 Å². The Hall–Kier alpha value is -1.87. The number of benzene rings is 1. The lowest BCUT2D eigenvalue weighted by molar-refractivity contribution is -0.121. The molecule has 0 aromatic heterocycles. The summed E-state index contributed by atoms with van der Waals surface area (Å²) < 4.78 is 0. The number of carbonyl (C=O) groups is 1. The van der Waals surface area contributed by atoms with Gasteiger partial charge in [0.25, 0.3) is 0 Å².